The van der Waals surface area contributed by atoms with E-state index >= 15 is 0 Å². The monoisotopic (exact) mass is 795 g/mol. The van der Waals surface area contributed by atoms with E-state index in [0.717, 1.165) is 44.7 Å². The lowest BCUT2D eigenvalue weighted by Crippen LogP contribution is -2.16. The molecule has 2 aliphatic carbocycles. The van der Waals surface area contributed by atoms with Crippen LogP contribution in [0.2, 0.25) is 0 Å². The van der Waals surface area contributed by atoms with Crippen molar-refractivity contribution in [2.24, 2.45) is 0 Å². The van der Waals surface area contributed by atoms with Crippen LogP contribution >= 0.6 is 0 Å². The maximum absolute atomic E-state index is 6.88. The molecule has 0 saturated heterocycles. The van der Waals surface area contributed by atoms with Gasteiger partial charge in [0.25, 0.3) is 0 Å². The molecule has 1 heterocycles. The van der Waals surface area contributed by atoms with E-state index in [0.29, 0.717) is 0 Å². The van der Waals surface area contributed by atoms with E-state index in [9.17, 15) is 0 Å². The van der Waals surface area contributed by atoms with Crippen LogP contribution in [-0.4, -0.2) is 0 Å². The zero-order valence-electron chi connectivity index (χ0n) is 35.4. The molecular weight excluding hydrogens is 751 g/mol. The largest absolute Gasteiger partial charge is 0.456 e. The third kappa shape index (κ3) is 5.43. The van der Waals surface area contributed by atoms with Crippen LogP contribution in [0.4, 0.5) is 17.1 Å². The summed E-state index contributed by atoms with van der Waals surface area (Å²) in [6, 6.07) is 73.3. The maximum atomic E-state index is 6.88. The van der Waals surface area contributed by atoms with Gasteiger partial charge in [-0.3, -0.25) is 0 Å². The zero-order valence-corrected chi connectivity index (χ0v) is 35.4. The molecule has 62 heavy (non-hydrogen) atoms. The van der Waals surface area contributed by atoms with Crippen LogP contribution in [0.1, 0.15) is 49.9 Å². The lowest BCUT2D eigenvalue weighted by molar-refractivity contribution is 0.647. The van der Waals surface area contributed by atoms with Crippen molar-refractivity contribution in [2.75, 3.05) is 4.90 Å². The molecule has 0 N–H and O–H groups in total. The third-order valence-corrected chi connectivity index (χ3v) is 13.9. The number of fused-ring (bicyclic) bond motifs is 9. The standard InChI is InChI=1S/C60H45NO/c1-59(2)50-21-13-11-19-46(50)47-34-32-45(36-52(47)59)61(43-28-23-39(24-29-43)38-15-7-5-8-16-38)44-30-25-40(26-31-44)42-27-33-49-54(35-42)62-55-37-53-57(48-20-12-14-22-51(48)60(53,3)4)56(58(49)55)41-17-9-6-10-18-41/h5-37H,1-4H3. The zero-order chi connectivity index (χ0) is 41.7. The first-order chi connectivity index (χ1) is 30.3. The van der Waals surface area contributed by atoms with Gasteiger partial charge in [-0.2, -0.15) is 0 Å². The summed E-state index contributed by atoms with van der Waals surface area (Å²) in [4.78, 5) is 2.39. The number of nitrogens with zero attached hydrogens (tertiary/aromatic N) is 1. The van der Waals surface area contributed by atoms with Crippen molar-refractivity contribution in [3.8, 4) is 55.6 Å². The molecule has 0 fully saturated rings. The van der Waals surface area contributed by atoms with Crippen LogP contribution in [-0.2, 0) is 10.8 Å². The lowest BCUT2D eigenvalue weighted by atomic mass is 9.81. The van der Waals surface area contributed by atoms with Gasteiger partial charge in [0, 0.05) is 44.2 Å². The Morgan fingerprint density at radius 1 is 0.339 bits per heavy atom. The number of anilines is 3. The molecular formula is C60H45NO. The minimum Gasteiger partial charge on any atom is -0.456 e. The van der Waals surface area contributed by atoms with E-state index in [1.165, 1.54) is 72.1 Å². The highest BCUT2D eigenvalue weighted by Crippen LogP contribution is 2.56. The molecule has 10 aromatic rings. The molecule has 12 rings (SSSR count). The molecule has 0 radical (unpaired) electrons. The highest BCUT2D eigenvalue weighted by molar-refractivity contribution is 6.18. The Hall–Kier alpha value is -7.42. The van der Waals surface area contributed by atoms with E-state index in [1.54, 1.807) is 0 Å². The molecule has 2 nitrogen and oxygen atoms in total. The molecule has 0 unspecified atom stereocenters. The Bertz CT molecular complexity index is 3370. The summed E-state index contributed by atoms with van der Waals surface area (Å²) in [7, 11) is 0. The van der Waals surface area contributed by atoms with E-state index in [2.05, 4.69) is 233 Å². The highest BCUT2D eigenvalue weighted by atomic mass is 16.3. The van der Waals surface area contributed by atoms with Crippen LogP contribution in [0.25, 0.3) is 77.6 Å². The summed E-state index contributed by atoms with van der Waals surface area (Å²) in [5.41, 5.74) is 22.8. The number of hydrogen-bond acceptors (Lipinski definition) is 2. The SMILES string of the molecule is CC1(C)c2ccccc2-c2ccc(N(c3ccc(-c4ccccc4)cc3)c3ccc(-c4ccc5c(c4)oc4cc6c(c(-c7ccccc7)c45)-c4ccccc4C6(C)C)cc3)cc21. The van der Waals surface area contributed by atoms with E-state index in [4.69, 9.17) is 4.42 Å². The molecule has 0 bridgehead atoms. The van der Waals surface area contributed by atoms with E-state index in [-0.39, 0.29) is 10.8 Å². The number of hydrogen-bond donors (Lipinski definition) is 0. The highest BCUT2D eigenvalue weighted by Gasteiger charge is 2.39. The fourth-order valence-electron chi connectivity index (χ4n) is 10.7. The normalized spacial score (nSPS) is 14.1. The molecule has 0 atom stereocenters. The predicted molar refractivity (Wildman–Crippen MR) is 260 cm³/mol. The molecule has 9 aromatic carbocycles. The molecule has 2 aliphatic rings. The predicted octanol–water partition coefficient (Wildman–Crippen LogP) is 16.7. The topological polar surface area (TPSA) is 16.4 Å². The van der Waals surface area contributed by atoms with E-state index in [1.807, 2.05) is 0 Å². The van der Waals surface area contributed by atoms with Crippen molar-refractivity contribution in [3.05, 3.63) is 222 Å². The summed E-state index contributed by atoms with van der Waals surface area (Å²) >= 11 is 0. The van der Waals surface area contributed by atoms with Crippen LogP contribution in [0.5, 0.6) is 0 Å². The Morgan fingerprint density at radius 3 is 1.52 bits per heavy atom. The van der Waals surface area contributed by atoms with Crippen LogP contribution in [0.15, 0.2) is 205 Å². The van der Waals surface area contributed by atoms with Crippen molar-refractivity contribution in [1.29, 1.82) is 0 Å². The summed E-state index contributed by atoms with van der Waals surface area (Å²) < 4.78 is 6.88. The van der Waals surface area contributed by atoms with Gasteiger partial charge in [-0.1, -0.05) is 173 Å². The fraction of sp³-hybridized carbons (Fsp3) is 0.100. The van der Waals surface area contributed by atoms with Crippen molar-refractivity contribution >= 4 is 39.0 Å². The molecule has 2 heteroatoms. The molecule has 0 saturated carbocycles. The van der Waals surface area contributed by atoms with Crippen molar-refractivity contribution < 1.29 is 4.42 Å². The van der Waals surface area contributed by atoms with Gasteiger partial charge in [0.05, 0.1) is 0 Å². The number of rotatable bonds is 6. The van der Waals surface area contributed by atoms with Gasteiger partial charge in [0.2, 0.25) is 0 Å². The molecule has 296 valence electrons. The van der Waals surface area contributed by atoms with Gasteiger partial charge in [-0.25, -0.2) is 0 Å². The van der Waals surface area contributed by atoms with Crippen molar-refractivity contribution in [1.82, 2.24) is 0 Å². The lowest BCUT2D eigenvalue weighted by Gasteiger charge is -2.28. The molecule has 0 amide bonds. The van der Waals surface area contributed by atoms with Crippen LogP contribution in [0, 0.1) is 0 Å². The smallest absolute Gasteiger partial charge is 0.136 e. The Kier molecular flexibility index (Phi) is 7.96. The first kappa shape index (κ1) is 36.4. The van der Waals surface area contributed by atoms with Crippen molar-refractivity contribution in [2.45, 2.75) is 38.5 Å². The second-order valence-corrected chi connectivity index (χ2v) is 18.1. The van der Waals surface area contributed by atoms with E-state index < -0.39 is 0 Å². The number of furan rings is 1. The summed E-state index contributed by atoms with van der Waals surface area (Å²) in [5.74, 6) is 0. The third-order valence-electron chi connectivity index (χ3n) is 13.9. The summed E-state index contributed by atoms with van der Waals surface area (Å²) in [6.07, 6.45) is 0. The second kappa shape index (κ2) is 13.5. The Labute approximate surface area is 363 Å². The first-order valence-corrected chi connectivity index (χ1v) is 21.8. The second-order valence-electron chi connectivity index (χ2n) is 18.1. The minimum absolute atomic E-state index is 0.105. The quantitative estimate of drug-likeness (QED) is 0.167. The van der Waals surface area contributed by atoms with Crippen LogP contribution < -0.4 is 4.90 Å². The first-order valence-electron chi connectivity index (χ1n) is 21.8. The van der Waals surface area contributed by atoms with Gasteiger partial charge in [0.15, 0.2) is 0 Å². The Balaban J connectivity index is 0.963. The minimum atomic E-state index is -0.145. The summed E-state index contributed by atoms with van der Waals surface area (Å²) in [6.45, 7) is 9.38. The average Bonchev–Trinajstić information content (AvgIpc) is 3.88. The van der Waals surface area contributed by atoms with Crippen LogP contribution in [0.3, 0.4) is 0 Å². The molecule has 0 spiro atoms. The van der Waals surface area contributed by atoms with Gasteiger partial charge in [-0.15, -0.1) is 0 Å². The van der Waals surface area contributed by atoms with Gasteiger partial charge in [0.1, 0.15) is 11.2 Å². The fourth-order valence-corrected chi connectivity index (χ4v) is 10.7. The Morgan fingerprint density at radius 2 is 0.839 bits per heavy atom. The maximum Gasteiger partial charge on any atom is 0.136 e. The van der Waals surface area contributed by atoms with Gasteiger partial charge < -0.3 is 9.32 Å². The van der Waals surface area contributed by atoms with Gasteiger partial charge >= 0.3 is 0 Å². The molecule has 0 aliphatic heterocycles. The molecule has 1 aromatic heterocycles. The van der Waals surface area contributed by atoms with Crippen molar-refractivity contribution in [3.63, 3.8) is 0 Å². The average molecular weight is 796 g/mol. The van der Waals surface area contributed by atoms with Gasteiger partial charge in [-0.05, 0) is 127 Å². The number of benzene rings is 9. The summed E-state index contributed by atoms with van der Waals surface area (Å²) in [5, 5.41) is 2.31.